The Bertz CT molecular complexity index is 1970. The SMILES string of the molecule is Cc1cc(C)c(-c2cn3c(n2)c2[c-]c(Oc4[c-]c(-n5cccn5)ccc4)ccc2c2cccnc23)c(C)c1.[Pt+2]. The normalized spacial score (nSPS) is 11.3. The van der Waals surface area contributed by atoms with Crippen LogP contribution in [-0.4, -0.2) is 24.1 Å². The quantitative estimate of drug-likeness (QED) is 0.145. The molecule has 4 aromatic heterocycles. The Kier molecular flexibility index (Phi) is 6.28. The monoisotopic (exact) mass is 688 g/mol. The third-order valence-corrected chi connectivity index (χ3v) is 6.81. The summed E-state index contributed by atoms with van der Waals surface area (Å²) in [6.07, 6.45) is 7.51. The first-order valence-corrected chi connectivity index (χ1v) is 12.5. The minimum absolute atomic E-state index is 0. The summed E-state index contributed by atoms with van der Waals surface area (Å²) in [5, 5.41) is 7.22. The van der Waals surface area contributed by atoms with Crippen LogP contribution in [0.3, 0.4) is 0 Å². The number of imidazole rings is 1. The van der Waals surface area contributed by atoms with Crippen molar-refractivity contribution in [1.82, 2.24) is 24.1 Å². The second kappa shape index (κ2) is 9.79. The van der Waals surface area contributed by atoms with Crippen molar-refractivity contribution < 1.29 is 25.8 Å². The summed E-state index contributed by atoms with van der Waals surface area (Å²) in [4.78, 5) is 9.84. The molecule has 0 aliphatic heterocycles. The van der Waals surface area contributed by atoms with E-state index in [1.807, 2.05) is 48.8 Å². The minimum Gasteiger partial charge on any atom is -0.503 e. The Morgan fingerprint density at radius 1 is 0.795 bits per heavy atom. The van der Waals surface area contributed by atoms with Gasteiger partial charge in [0.25, 0.3) is 0 Å². The van der Waals surface area contributed by atoms with E-state index in [1.165, 1.54) is 16.7 Å². The van der Waals surface area contributed by atoms with Crippen LogP contribution in [0.2, 0.25) is 0 Å². The third-order valence-electron chi connectivity index (χ3n) is 6.81. The molecule has 0 spiro atoms. The maximum absolute atomic E-state index is 6.22. The molecule has 7 rings (SSSR count). The summed E-state index contributed by atoms with van der Waals surface area (Å²) in [7, 11) is 0. The Morgan fingerprint density at radius 3 is 2.41 bits per heavy atom. The number of pyridine rings is 2. The molecular formula is C32H23N5OPt. The van der Waals surface area contributed by atoms with Crippen molar-refractivity contribution >= 4 is 27.5 Å². The van der Waals surface area contributed by atoms with E-state index in [4.69, 9.17) is 14.7 Å². The molecule has 0 aliphatic carbocycles. The van der Waals surface area contributed by atoms with Gasteiger partial charge in [-0.05, 0) is 55.1 Å². The van der Waals surface area contributed by atoms with E-state index < -0.39 is 0 Å². The summed E-state index contributed by atoms with van der Waals surface area (Å²) in [6, 6.07) is 26.8. The van der Waals surface area contributed by atoms with Crippen LogP contribution in [0, 0.1) is 32.9 Å². The molecule has 3 aromatic carbocycles. The smallest absolute Gasteiger partial charge is 0.503 e. The van der Waals surface area contributed by atoms with Gasteiger partial charge in [-0.15, -0.1) is 30.3 Å². The van der Waals surface area contributed by atoms with Gasteiger partial charge < -0.3 is 9.14 Å². The van der Waals surface area contributed by atoms with Crippen LogP contribution in [-0.2, 0) is 21.1 Å². The van der Waals surface area contributed by atoms with Crippen LogP contribution in [0.4, 0.5) is 0 Å². The molecule has 6 nitrogen and oxygen atoms in total. The van der Waals surface area contributed by atoms with Crippen molar-refractivity contribution in [2.45, 2.75) is 20.8 Å². The number of hydrogen-bond acceptors (Lipinski definition) is 4. The Hall–Kier alpha value is -4.28. The largest absolute Gasteiger partial charge is 2.00 e. The molecule has 0 saturated carbocycles. The van der Waals surface area contributed by atoms with Gasteiger partial charge in [0.2, 0.25) is 0 Å². The fourth-order valence-corrected chi connectivity index (χ4v) is 5.32. The molecule has 0 unspecified atom stereocenters. The van der Waals surface area contributed by atoms with Gasteiger partial charge >= 0.3 is 21.1 Å². The summed E-state index contributed by atoms with van der Waals surface area (Å²) in [6.45, 7) is 6.40. The zero-order valence-corrected chi connectivity index (χ0v) is 23.8. The maximum Gasteiger partial charge on any atom is 2.00 e. The van der Waals surface area contributed by atoms with Gasteiger partial charge in [-0.25, -0.2) is 4.98 Å². The van der Waals surface area contributed by atoms with Gasteiger partial charge in [0.05, 0.1) is 11.3 Å². The van der Waals surface area contributed by atoms with Gasteiger partial charge in [-0.3, -0.25) is 9.67 Å². The average Bonchev–Trinajstić information content (AvgIpc) is 3.60. The number of hydrogen-bond donors (Lipinski definition) is 0. The van der Waals surface area contributed by atoms with Crippen LogP contribution in [0.5, 0.6) is 11.5 Å². The van der Waals surface area contributed by atoms with Gasteiger partial charge in [-0.2, -0.15) is 11.2 Å². The molecule has 0 radical (unpaired) electrons. The Labute approximate surface area is 240 Å². The van der Waals surface area contributed by atoms with Crippen LogP contribution < -0.4 is 4.74 Å². The molecule has 0 amide bonds. The first-order valence-electron chi connectivity index (χ1n) is 12.5. The number of ether oxygens (including phenoxy) is 1. The van der Waals surface area contributed by atoms with Crippen molar-refractivity contribution in [3.8, 4) is 28.4 Å². The zero-order valence-electron chi connectivity index (χ0n) is 21.5. The van der Waals surface area contributed by atoms with Crippen molar-refractivity contribution in [1.29, 1.82) is 0 Å². The summed E-state index contributed by atoms with van der Waals surface area (Å²) in [5.74, 6) is 1.17. The predicted octanol–water partition coefficient (Wildman–Crippen LogP) is 7.20. The maximum atomic E-state index is 6.22. The topological polar surface area (TPSA) is 57.2 Å². The standard InChI is InChI=1S/C32H23N5O.Pt/c1-20-15-21(2)30(22(3)16-20)29-19-36-31-27(9-5-12-33-31)26-11-10-25(18-28(26)32(36)35-29)38-24-8-4-7-23(17-24)37-14-6-13-34-37;/h4-16,19H,1-3H3;/q-2;+2. The van der Waals surface area contributed by atoms with Gasteiger partial charge in [0.1, 0.15) is 5.65 Å². The fourth-order valence-electron chi connectivity index (χ4n) is 5.32. The van der Waals surface area contributed by atoms with E-state index in [1.54, 1.807) is 10.9 Å². The number of aryl methyl sites for hydroxylation is 3. The van der Waals surface area contributed by atoms with Gasteiger partial charge in [0.15, 0.2) is 0 Å². The number of rotatable bonds is 4. The van der Waals surface area contributed by atoms with E-state index in [0.29, 0.717) is 11.5 Å². The van der Waals surface area contributed by atoms with Gasteiger partial charge in [0, 0.05) is 41.8 Å². The molecule has 0 N–H and O–H groups in total. The molecule has 0 atom stereocenters. The number of nitrogens with zero attached hydrogens (tertiary/aromatic N) is 5. The molecule has 0 saturated heterocycles. The number of aromatic nitrogens is 5. The van der Waals surface area contributed by atoms with Crippen LogP contribution in [0.1, 0.15) is 16.7 Å². The molecule has 7 aromatic rings. The molecule has 7 heteroatoms. The Morgan fingerprint density at radius 2 is 1.62 bits per heavy atom. The molecule has 4 heterocycles. The third kappa shape index (κ3) is 4.31. The summed E-state index contributed by atoms with van der Waals surface area (Å²) in [5.41, 5.74) is 8.16. The van der Waals surface area contributed by atoms with E-state index in [2.05, 4.69) is 72.9 Å². The predicted molar refractivity (Wildman–Crippen MR) is 149 cm³/mol. The molecule has 39 heavy (non-hydrogen) atoms. The van der Waals surface area contributed by atoms with E-state index >= 15 is 0 Å². The first kappa shape index (κ1) is 25.0. The molecule has 0 aliphatic rings. The molecule has 0 bridgehead atoms. The second-order valence-corrected chi connectivity index (χ2v) is 9.53. The molecular weight excluding hydrogens is 665 g/mol. The summed E-state index contributed by atoms with van der Waals surface area (Å²) < 4.78 is 10.0. The molecule has 0 fully saturated rings. The van der Waals surface area contributed by atoms with E-state index in [9.17, 15) is 0 Å². The fraction of sp³-hybridized carbons (Fsp3) is 0.0938. The first-order chi connectivity index (χ1) is 18.5. The van der Waals surface area contributed by atoms with Crippen molar-refractivity contribution in [2.24, 2.45) is 0 Å². The average molecular weight is 689 g/mol. The second-order valence-electron chi connectivity index (χ2n) is 9.53. The van der Waals surface area contributed by atoms with E-state index in [-0.39, 0.29) is 21.1 Å². The van der Waals surface area contributed by atoms with Crippen molar-refractivity contribution in [2.75, 3.05) is 0 Å². The number of fused-ring (bicyclic) bond motifs is 6. The zero-order chi connectivity index (χ0) is 25.8. The van der Waals surface area contributed by atoms with Gasteiger partial charge in [-0.1, -0.05) is 40.6 Å². The van der Waals surface area contributed by atoms with Crippen LogP contribution in [0.25, 0.3) is 44.4 Å². The van der Waals surface area contributed by atoms with Crippen molar-refractivity contribution in [3.63, 3.8) is 0 Å². The molecule has 192 valence electrons. The Balaban J connectivity index is 0.00000277. The summed E-state index contributed by atoms with van der Waals surface area (Å²) >= 11 is 0. The van der Waals surface area contributed by atoms with E-state index in [0.717, 1.165) is 44.4 Å². The minimum atomic E-state index is 0. The van der Waals surface area contributed by atoms with Crippen molar-refractivity contribution in [3.05, 3.63) is 114 Å². The van der Waals surface area contributed by atoms with Crippen LogP contribution in [0.15, 0.2) is 85.5 Å². The number of benzene rings is 3. The van der Waals surface area contributed by atoms with Crippen LogP contribution >= 0.6 is 0 Å².